The number of hydrogen-bond donors (Lipinski definition) is 2. The molecule has 18 heavy (non-hydrogen) atoms. The molecular formula is C13H24N3O2. The van der Waals surface area contributed by atoms with Gasteiger partial charge in [0.15, 0.2) is 0 Å². The molecule has 0 unspecified atom stereocenters. The highest BCUT2D eigenvalue weighted by molar-refractivity contribution is 5.86. The molecule has 1 fully saturated rings. The maximum absolute atomic E-state index is 11.7. The van der Waals surface area contributed by atoms with Crippen LogP contribution in [0, 0.1) is 12.3 Å². The van der Waals surface area contributed by atoms with Crippen molar-refractivity contribution in [1.82, 2.24) is 10.2 Å². The zero-order valence-corrected chi connectivity index (χ0v) is 11.3. The number of carbonyl (C=O) groups is 2. The lowest BCUT2D eigenvalue weighted by atomic mass is 10.0. The average molecular weight is 254 g/mol. The fourth-order valence-corrected chi connectivity index (χ4v) is 2.05. The van der Waals surface area contributed by atoms with Gasteiger partial charge in [0.25, 0.3) is 0 Å². The Kier molecular flexibility index (Phi) is 6.12. The van der Waals surface area contributed by atoms with Crippen molar-refractivity contribution in [1.29, 1.82) is 0 Å². The molecule has 0 bridgehead atoms. The summed E-state index contributed by atoms with van der Waals surface area (Å²) < 4.78 is 0. The highest BCUT2D eigenvalue weighted by atomic mass is 16.2. The molecule has 1 heterocycles. The van der Waals surface area contributed by atoms with E-state index in [4.69, 9.17) is 5.73 Å². The van der Waals surface area contributed by atoms with Gasteiger partial charge in [0, 0.05) is 25.0 Å². The number of nitrogens with zero attached hydrogens (tertiary/aromatic N) is 1. The van der Waals surface area contributed by atoms with Crippen LogP contribution in [0.1, 0.15) is 33.1 Å². The summed E-state index contributed by atoms with van der Waals surface area (Å²) in [5.74, 6) is -0.731. The Labute approximate surface area is 109 Å². The van der Waals surface area contributed by atoms with Crippen LogP contribution in [0.15, 0.2) is 0 Å². The third kappa shape index (κ3) is 5.04. The number of amides is 2. The van der Waals surface area contributed by atoms with Crippen molar-refractivity contribution in [2.45, 2.75) is 39.2 Å². The molecule has 0 aliphatic carbocycles. The molecule has 1 aliphatic heterocycles. The molecule has 1 atom stereocenters. The third-order valence-electron chi connectivity index (χ3n) is 3.52. The van der Waals surface area contributed by atoms with E-state index in [-0.39, 0.29) is 23.8 Å². The molecule has 1 aliphatic rings. The number of piperidine rings is 1. The second-order valence-electron chi connectivity index (χ2n) is 4.96. The molecule has 1 saturated heterocycles. The van der Waals surface area contributed by atoms with Crippen LogP contribution >= 0.6 is 0 Å². The lowest BCUT2D eigenvalue weighted by Gasteiger charge is -2.31. The maximum atomic E-state index is 11.7. The monoisotopic (exact) mass is 254 g/mol. The summed E-state index contributed by atoms with van der Waals surface area (Å²) in [7, 11) is 0. The van der Waals surface area contributed by atoms with Crippen LogP contribution in [0.5, 0.6) is 0 Å². The van der Waals surface area contributed by atoms with Crippen LogP contribution in [0.4, 0.5) is 0 Å². The van der Waals surface area contributed by atoms with Crippen molar-refractivity contribution in [2.75, 3.05) is 19.6 Å². The van der Waals surface area contributed by atoms with E-state index in [0.29, 0.717) is 6.42 Å². The summed E-state index contributed by atoms with van der Waals surface area (Å²) in [4.78, 5) is 24.9. The molecule has 3 N–H and O–H groups in total. The van der Waals surface area contributed by atoms with Gasteiger partial charge >= 0.3 is 0 Å². The Morgan fingerprint density at radius 3 is 2.56 bits per heavy atom. The second kappa shape index (κ2) is 7.36. The van der Waals surface area contributed by atoms with E-state index < -0.39 is 0 Å². The Morgan fingerprint density at radius 2 is 2.06 bits per heavy atom. The van der Waals surface area contributed by atoms with Crippen molar-refractivity contribution in [2.24, 2.45) is 11.7 Å². The molecule has 5 heteroatoms. The summed E-state index contributed by atoms with van der Waals surface area (Å²) in [6.45, 7) is 7.03. The Morgan fingerprint density at radius 1 is 1.44 bits per heavy atom. The molecule has 1 rings (SSSR count). The van der Waals surface area contributed by atoms with Crippen LogP contribution in [-0.4, -0.2) is 42.4 Å². The molecule has 0 spiro atoms. The van der Waals surface area contributed by atoms with Crippen LogP contribution in [0.25, 0.3) is 0 Å². The minimum Gasteiger partial charge on any atom is -0.369 e. The number of likely N-dealkylation sites (tertiary alicyclic amines) is 1. The van der Waals surface area contributed by atoms with E-state index in [1.165, 1.54) is 6.42 Å². The predicted octanol–water partition coefficient (Wildman–Crippen LogP) is 0.303. The molecule has 0 saturated carbocycles. The fraction of sp³-hybridized carbons (Fsp3) is 0.769. The lowest BCUT2D eigenvalue weighted by molar-refractivity contribution is -0.121. The van der Waals surface area contributed by atoms with Crippen LogP contribution < -0.4 is 11.1 Å². The number of nitrogens with one attached hydrogen (secondary N) is 1. The minimum absolute atomic E-state index is 0.0851. The average Bonchev–Trinajstić information content (AvgIpc) is 2.36. The summed E-state index contributed by atoms with van der Waals surface area (Å²) in [5, 5.41) is 2.98. The smallest absolute Gasteiger partial charge is 0.224 e. The minimum atomic E-state index is -0.365. The van der Waals surface area contributed by atoms with E-state index >= 15 is 0 Å². The number of carbonyl (C=O) groups excluding carboxylic acids is 2. The summed E-state index contributed by atoms with van der Waals surface area (Å²) in [5.41, 5.74) is 5.14. The topological polar surface area (TPSA) is 75.4 Å². The molecule has 103 valence electrons. The largest absolute Gasteiger partial charge is 0.369 e. The van der Waals surface area contributed by atoms with E-state index in [0.717, 1.165) is 32.5 Å². The first-order chi connectivity index (χ1) is 8.52. The lowest BCUT2D eigenvalue weighted by Crippen LogP contribution is -2.44. The number of nitrogens with two attached hydrogens (primary N) is 1. The first-order valence-electron chi connectivity index (χ1n) is 6.68. The normalized spacial score (nSPS) is 19.4. The van der Waals surface area contributed by atoms with Gasteiger partial charge in [0.1, 0.15) is 0 Å². The summed E-state index contributed by atoms with van der Waals surface area (Å²) in [6.07, 6.45) is 3.94. The van der Waals surface area contributed by atoms with E-state index in [9.17, 15) is 9.59 Å². The van der Waals surface area contributed by atoms with Crippen molar-refractivity contribution in [3.63, 3.8) is 0 Å². The first kappa shape index (κ1) is 15.0. The first-order valence-corrected chi connectivity index (χ1v) is 6.68. The van der Waals surface area contributed by atoms with E-state index in [1.54, 1.807) is 6.92 Å². The number of primary amides is 1. The molecule has 5 nitrogen and oxygen atoms in total. The second-order valence-corrected chi connectivity index (χ2v) is 4.96. The fourth-order valence-electron chi connectivity index (χ4n) is 2.05. The number of rotatable bonds is 6. The zero-order chi connectivity index (χ0) is 13.5. The molecule has 2 amide bonds. The van der Waals surface area contributed by atoms with Crippen molar-refractivity contribution >= 4 is 11.8 Å². The summed E-state index contributed by atoms with van der Waals surface area (Å²) in [6, 6.07) is 0.264. The predicted molar refractivity (Wildman–Crippen MR) is 70.6 cm³/mol. The van der Waals surface area contributed by atoms with Crippen LogP contribution in [-0.2, 0) is 9.59 Å². The van der Waals surface area contributed by atoms with Gasteiger partial charge in [-0.05, 0) is 25.8 Å². The highest BCUT2D eigenvalue weighted by Gasteiger charge is 2.20. The molecule has 0 aromatic carbocycles. The van der Waals surface area contributed by atoms with Crippen LogP contribution in [0.2, 0.25) is 0 Å². The zero-order valence-electron chi connectivity index (χ0n) is 11.3. The summed E-state index contributed by atoms with van der Waals surface area (Å²) >= 11 is 0. The molecule has 0 aromatic rings. The Balaban J connectivity index is 2.19. The van der Waals surface area contributed by atoms with Crippen LogP contribution in [0.3, 0.4) is 0 Å². The number of hydrogen-bond acceptors (Lipinski definition) is 3. The Bertz CT molecular complexity index is 286. The molecule has 0 aromatic heterocycles. The maximum Gasteiger partial charge on any atom is 0.224 e. The van der Waals surface area contributed by atoms with Crippen molar-refractivity contribution < 1.29 is 9.59 Å². The molecule has 1 radical (unpaired) electrons. The Hall–Kier alpha value is -1.10. The third-order valence-corrected chi connectivity index (χ3v) is 3.52. The quantitative estimate of drug-likeness (QED) is 0.716. The van der Waals surface area contributed by atoms with Crippen molar-refractivity contribution in [3.8, 4) is 0 Å². The van der Waals surface area contributed by atoms with E-state index in [2.05, 4.69) is 17.1 Å². The standard InChI is InChI=1S/C13H24N3O2/c1-3-16-8-6-11(7-9-16)15-12(17)5-4-10(2)13(14)18/h5,10-11H,3-4,6-9H2,1-2H3,(H2,14,18)(H,15,17)/t10-/m0/s1. The van der Waals surface area contributed by atoms with Gasteiger partial charge in [-0.2, -0.15) is 0 Å². The van der Waals surface area contributed by atoms with Gasteiger partial charge in [0.2, 0.25) is 11.8 Å². The van der Waals surface area contributed by atoms with Gasteiger partial charge in [-0.1, -0.05) is 13.8 Å². The molecular weight excluding hydrogens is 230 g/mol. The SMILES string of the molecule is CCN1CCC(NC(=O)[CH]C[C@H](C)C(N)=O)CC1. The van der Waals surface area contributed by atoms with Gasteiger partial charge in [-0.3, -0.25) is 9.59 Å². The highest BCUT2D eigenvalue weighted by Crippen LogP contribution is 2.10. The van der Waals surface area contributed by atoms with E-state index in [1.807, 2.05) is 0 Å². The van der Waals surface area contributed by atoms with Gasteiger partial charge in [0.05, 0.1) is 6.42 Å². The van der Waals surface area contributed by atoms with Crippen molar-refractivity contribution in [3.05, 3.63) is 6.42 Å². The van der Waals surface area contributed by atoms with Gasteiger partial charge < -0.3 is 16.0 Å². The van der Waals surface area contributed by atoms with Gasteiger partial charge in [-0.15, -0.1) is 0 Å². The van der Waals surface area contributed by atoms with Gasteiger partial charge in [-0.25, -0.2) is 0 Å².